The van der Waals surface area contributed by atoms with Crippen LogP contribution in [-0.2, 0) is 11.3 Å². The van der Waals surface area contributed by atoms with Crippen LogP contribution in [0.2, 0.25) is 0 Å². The van der Waals surface area contributed by atoms with E-state index in [4.69, 9.17) is 9.15 Å². The van der Waals surface area contributed by atoms with Crippen LogP contribution in [0.1, 0.15) is 44.1 Å². The zero-order valence-electron chi connectivity index (χ0n) is 17.0. The van der Waals surface area contributed by atoms with Crippen LogP contribution in [0.5, 0.6) is 5.75 Å². The first-order chi connectivity index (χ1) is 13.3. The molecule has 1 aromatic carbocycles. The van der Waals surface area contributed by atoms with Gasteiger partial charge in [-0.05, 0) is 24.0 Å². The molecule has 0 saturated carbocycles. The highest BCUT2D eigenvalue weighted by atomic mass is 16.5. The number of benzene rings is 1. The minimum atomic E-state index is -0.280. The van der Waals surface area contributed by atoms with Gasteiger partial charge in [-0.1, -0.05) is 45.9 Å². The quantitative estimate of drug-likeness (QED) is 0.677. The van der Waals surface area contributed by atoms with E-state index in [2.05, 4.69) is 10.3 Å². The third-order valence-corrected chi connectivity index (χ3v) is 3.83. The Hall–Kier alpha value is -2.83. The molecule has 0 bridgehead atoms. The molecule has 0 unspecified atom stereocenters. The molecule has 2 aromatic rings. The van der Waals surface area contributed by atoms with Gasteiger partial charge in [-0.3, -0.25) is 9.59 Å². The summed E-state index contributed by atoms with van der Waals surface area (Å²) in [6.45, 7) is 9.30. The molecule has 0 aliphatic heterocycles. The van der Waals surface area contributed by atoms with Crippen LogP contribution in [0.15, 0.2) is 41.0 Å². The summed E-state index contributed by atoms with van der Waals surface area (Å²) in [5.74, 6) is 1.13. The summed E-state index contributed by atoms with van der Waals surface area (Å²) in [7, 11) is 0. The number of nitrogens with one attached hydrogen (secondary N) is 1. The Labute approximate surface area is 166 Å². The van der Waals surface area contributed by atoms with Crippen molar-refractivity contribution >= 4 is 11.8 Å². The van der Waals surface area contributed by atoms with Gasteiger partial charge in [-0.25, -0.2) is 4.98 Å². The molecule has 0 aliphatic rings. The highest BCUT2D eigenvalue weighted by Crippen LogP contribution is 2.12. The number of aromatic nitrogens is 1. The summed E-state index contributed by atoms with van der Waals surface area (Å²) in [5, 5.41) is 2.80. The summed E-state index contributed by atoms with van der Waals surface area (Å²) >= 11 is 0. The maximum atomic E-state index is 12.6. The molecular formula is C21H29N3O4. The number of amides is 2. The van der Waals surface area contributed by atoms with Gasteiger partial charge in [0.2, 0.25) is 5.89 Å². The zero-order valence-corrected chi connectivity index (χ0v) is 17.0. The van der Waals surface area contributed by atoms with E-state index in [9.17, 15) is 9.59 Å². The van der Waals surface area contributed by atoms with Gasteiger partial charge in [0.05, 0.1) is 6.54 Å². The second-order valence-corrected chi connectivity index (χ2v) is 7.50. The second-order valence-electron chi connectivity index (χ2n) is 7.50. The molecule has 1 heterocycles. The Bertz CT molecular complexity index is 756. The van der Waals surface area contributed by atoms with E-state index in [1.807, 2.05) is 45.9 Å². The maximum absolute atomic E-state index is 12.6. The number of carbonyl (C=O) groups is 2. The van der Waals surface area contributed by atoms with E-state index in [1.54, 1.807) is 17.0 Å². The van der Waals surface area contributed by atoms with Gasteiger partial charge in [0.15, 0.2) is 12.3 Å². The molecule has 1 aromatic heterocycles. The molecule has 0 fully saturated rings. The number of oxazole rings is 1. The molecule has 0 saturated heterocycles. The average Bonchev–Trinajstić information content (AvgIpc) is 3.12. The van der Waals surface area contributed by atoms with E-state index < -0.39 is 0 Å². The lowest BCUT2D eigenvalue weighted by atomic mass is 10.2. The van der Waals surface area contributed by atoms with E-state index >= 15 is 0 Å². The van der Waals surface area contributed by atoms with E-state index in [1.165, 1.54) is 6.26 Å². The minimum absolute atomic E-state index is 0.0703. The van der Waals surface area contributed by atoms with E-state index in [0.29, 0.717) is 30.6 Å². The molecule has 28 heavy (non-hydrogen) atoms. The van der Waals surface area contributed by atoms with E-state index in [0.717, 1.165) is 0 Å². The summed E-state index contributed by atoms with van der Waals surface area (Å²) < 4.78 is 11.0. The Morgan fingerprint density at radius 2 is 1.86 bits per heavy atom. The fourth-order valence-corrected chi connectivity index (χ4v) is 2.49. The third kappa shape index (κ3) is 7.06. The van der Waals surface area contributed by atoms with Crippen LogP contribution in [0.25, 0.3) is 0 Å². The molecule has 0 radical (unpaired) electrons. The van der Waals surface area contributed by atoms with E-state index in [-0.39, 0.29) is 36.6 Å². The molecule has 152 valence electrons. The number of hydrogen-bond acceptors (Lipinski definition) is 5. The lowest BCUT2D eigenvalue weighted by Crippen LogP contribution is -2.37. The predicted octanol–water partition coefficient (Wildman–Crippen LogP) is 3.12. The van der Waals surface area contributed by atoms with Crippen LogP contribution in [0.4, 0.5) is 0 Å². The molecule has 7 nitrogen and oxygen atoms in total. The van der Waals surface area contributed by atoms with Crippen molar-refractivity contribution in [2.75, 3.05) is 19.7 Å². The number of para-hydroxylation sites is 1. The maximum Gasteiger partial charge on any atom is 0.273 e. The Kier molecular flexibility index (Phi) is 8.04. The van der Waals surface area contributed by atoms with Crippen molar-refractivity contribution < 1.29 is 18.7 Å². The molecular weight excluding hydrogens is 358 g/mol. The van der Waals surface area contributed by atoms with Crippen molar-refractivity contribution in [3.8, 4) is 5.75 Å². The Morgan fingerprint density at radius 1 is 1.14 bits per heavy atom. The van der Waals surface area contributed by atoms with Gasteiger partial charge in [-0.15, -0.1) is 0 Å². The van der Waals surface area contributed by atoms with Crippen LogP contribution in [0.3, 0.4) is 0 Å². The molecule has 0 atom stereocenters. The van der Waals surface area contributed by atoms with Crippen LogP contribution >= 0.6 is 0 Å². The highest BCUT2D eigenvalue weighted by molar-refractivity contribution is 5.91. The lowest BCUT2D eigenvalue weighted by Gasteiger charge is -2.23. The smallest absolute Gasteiger partial charge is 0.273 e. The molecule has 2 amide bonds. The van der Waals surface area contributed by atoms with Crippen molar-refractivity contribution in [3.63, 3.8) is 0 Å². The number of carbonyl (C=O) groups excluding carboxylic acids is 2. The molecule has 0 aliphatic carbocycles. The van der Waals surface area contributed by atoms with Crippen molar-refractivity contribution in [2.45, 2.75) is 34.2 Å². The van der Waals surface area contributed by atoms with Gasteiger partial charge >= 0.3 is 0 Å². The van der Waals surface area contributed by atoms with Gasteiger partial charge in [-0.2, -0.15) is 0 Å². The number of rotatable bonds is 10. The van der Waals surface area contributed by atoms with Gasteiger partial charge in [0.25, 0.3) is 11.8 Å². The number of nitrogens with zero attached hydrogens (tertiary/aromatic N) is 2. The topological polar surface area (TPSA) is 84.7 Å². The molecule has 7 heteroatoms. The average molecular weight is 387 g/mol. The predicted molar refractivity (Wildman–Crippen MR) is 106 cm³/mol. The monoisotopic (exact) mass is 387 g/mol. The van der Waals surface area contributed by atoms with Crippen LogP contribution in [0, 0.1) is 11.8 Å². The van der Waals surface area contributed by atoms with Gasteiger partial charge in [0, 0.05) is 13.1 Å². The van der Waals surface area contributed by atoms with Gasteiger partial charge < -0.3 is 19.4 Å². The lowest BCUT2D eigenvalue weighted by molar-refractivity contribution is -0.134. The van der Waals surface area contributed by atoms with Gasteiger partial charge in [0.1, 0.15) is 12.0 Å². The fourth-order valence-electron chi connectivity index (χ4n) is 2.49. The summed E-state index contributed by atoms with van der Waals surface area (Å²) in [4.78, 5) is 30.6. The summed E-state index contributed by atoms with van der Waals surface area (Å²) in [6.07, 6.45) is 1.32. The van der Waals surface area contributed by atoms with Crippen molar-refractivity contribution in [2.24, 2.45) is 11.8 Å². The highest BCUT2D eigenvalue weighted by Gasteiger charge is 2.20. The summed E-state index contributed by atoms with van der Waals surface area (Å²) in [5.41, 5.74) is 0.216. The number of hydrogen-bond donors (Lipinski definition) is 1. The minimum Gasteiger partial charge on any atom is -0.484 e. The Balaban J connectivity index is 1.97. The first kappa shape index (κ1) is 21.5. The zero-order chi connectivity index (χ0) is 20.5. The van der Waals surface area contributed by atoms with Crippen LogP contribution < -0.4 is 10.1 Å². The van der Waals surface area contributed by atoms with Crippen molar-refractivity contribution in [1.82, 2.24) is 15.2 Å². The standard InChI is InChI=1S/C21H29N3O4/c1-15(2)10-22-21(26)18-13-28-19(23-18)12-24(11-16(3)4)20(25)14-27-17-8-6-5-7-9-17/h5-9,13,15-16H,10-12,14H2,1-4H3,(H,22,26). The Morgan fingerprint density at radius 3 is 2.50 bits per heavy atom. The van der Waals surface area contributed by atoms with Crippen molar-refractivity contribution in [3.05, 3.63) is 48.2 Å². The second kappa shape index (κ2) is 10.5. The normalized spacial score (nSPS) is 10.9. The number of ether oxygens (including phenoxy) is 1. The molecule has 1 N–H and O–H groups in total. The fraction of sp³-hybridized carbons (Fsp3) is 0.476. The van der Waals surface area contributed by atoms with Crippen molar-refractivity contribution in [1.29, 1.82) is 0 Å². The third-order valence-electron chi connectivity index (χ3n) is 3.83. The first-order valence-corrected chi connectivity index (χ1v) is 9.53. The SMILES string of the molecule is CC(C)CNC(=O)c1coc(CN(CC(C)C)C(=O)COc2ccccc2)n1. The largest absolute Gasteiger partial charge is 0.484 e. The summed E-state index contributed by atoms with van der Waals surface area (Å²) in [6, 6.07) is 9.19. The molecule has 0 spiro atoms. The van der Waals surface area contributed by atoms with Crippen LogP contribution in [-0.4, -0.2) is 41.4 Å². The molecule has 2 rings (SSSR count). The first-order valence-electron chi connectivity index (χ1n) is 9.53.